The summed E-state index contributed by atoms with van der Waals surface area (Å²) >= 11 is 0. The van der Waals surface area contributed by atoms with Crippen molar-refractivity contribution in [2.24, 2.45) is 29.1 Å². The Morgan fingerprint density at radius 3 is 2.39 bits per heavy atom. The Bertz CT molecular complexity index is 618. The van der Waals surface area contributed by atoms with Gasteiger partial charge in [-0.05, 0) is 68.8 Å². The van der Waals surface area contributed by atoms with Gasteiger partial charge in [0.2, 0.25) is 0 Å². The molecule has 0 saturated heterocycles. The van der Waals surface area contributed by atoms with Gasteiger partial charge in [-0.15, -0.1) is 0 Å². The lowest BCUT2D eigenvalue weighted by Gasteiger charge is -2.56. The van der Waals surface area contributed by atoms with E-state index in [9.17, 15) is 4.79 Å². The summed E-state index contributed by atoms with van der Waals surface area (Å²) in [6, 6.07) is 3.89. The number of ether oxygens (including phenoxy) is 1. The molecule has 6 rings (SSSR count). The molecule has 0 amide bonds. The summed E-state index contributed by atoms with van der Waals surface area (Å²) in [7, 11) is 1.68. The molecule has 1 aromatic rings. The number of carbonyl (C=O) groups excluding carboxylic acids is 1. The molecule has 5 fully saturated rings. The number of aromatic nitrogens is 1. The molecule has 122 valence electrons. The number of carbonyl (C=O) groups is 1. The van der Waals surface area contributed by atoms with E-state index >= 15 is 0 Å². The molecule has 0 aromatic carbocycles. The maximum atomic E-state index is 13.3. The van der Waals surface area contributed by atoms with Crippen molar-refractivity contribution in [2.75, 3.05) is 7.11 Å². The fourth-order valence-corrected chi connectivity index (χ4v) is 6.38. The van der Waals surface area contributed by atoms with Crippen LogP contribution in [0.1, 0.15) is 56.6 Å². The highest BCUT2D eigenvalue weighted by atomic mass is 16.5. The van der Waals surface area contributed by atoms with Crippen LogP contribution in [0.3, 0.4) is 0 Å². The van der Waals surface area contributed by atoms with E-state index in [0.717, 1.165) is 35.6 Å². The van der Waals surface area contributed by atoms with E-state index in [-0.39, 0.29) is 11.3 Å². The average molecular weight is 311 g/mol. The second-order valence-corrected chi connectivity index (χ2v) is 8.63. The van der Waals surface area contributed by atoms with Crippen LogP contribution < -0.4 is 4.74 Å². The van der Waals surface area contributed by atoms with Crippen molar-refractivity contribution in [3.63, 3.8) is 0 Å². The predicted molar refractivity (Wildman–Crippen MR) is 87.2 cm³/mol. The van der Waals surface area contributed by atoms with Gasteiger partial charge >= 0.3 is 0 Å². The van der Waals surface area contributed by atoms with Crippen LogP contribution in [0.2, 0.25) is 0 Å². The molecule has 0 spiro atoms. The van der Waals surface area contributed by atoms with Crippen LogP contribution in [-0.4, -0.2) is 17.9 Å². The van der Waals surface area contributed by atoms with E-state index in [0.29, 0.717) is 11.7 Å². The minimum atomic E-state index is 0.0486. The highest BCUT2D eigenvalue weighted by Crippen LogP contribution is 2.63. The monoisotopic (exact) mass is 311 g/mol. The van der Waals surface area contributed by atoms with Crippen molar-refractivity contribution in [2.45, 2.75) is 50.9 Å². The van der Waals surface area contributed by atoms with E-state index in [4.69, 9.17) is 4.74 Å². The van der Waals surface area contributed by atoms with Gasteiger partial charge in [0.15, 0.2) is 0 Å². The lowest BCUT2D eigenvalue weighted by Crippen LogP contribution is -2.50. The first-order valence-electron chi connectivity index (χ1n) is 9.21. The zero-order chi connectivity index (χ0) is 15.6. The van der Waals surface area contributed by atoms with Crippen molar-refractivity contribution < 1.29 is 9.53 Å². The third-order valence-corrected chi connectivity index (χ3v) is 7.06. The van der Waals surface area contributed by atoms with Crippen LogP contribution in [0.4, 0.5) is 0 Å². The number of nitrogens with zero attached hydrogens (tertiary/aromatic N) is 1. The van der Waals surface area contributed by atoms with Gasteiger partial charge in [-0.25, -0.2) is 0 Å². The molecule has 5 aliphatic rings. The van der Waals surface area contributed by atoms with E-state index in [1.165, 1.54) is 38.5 Å². The molecule has 4 bridgehead atoms. The Kier molecular flexibility index (Phi) is 2.93. The van der Waals surface area contributed by atoms with Crippen LogP contribution in [-0.2, 0) is 4.79 Å². The first-order chi connectivity index (χ1) is 11.2. The third-order valence-electron chi connectivity index (χ3n) is 7.06. The molecule has 0 aliphatic heterocycles. The summed E-state index contributed by atoms with van der Waals surface area (Å²) in [5, 5.41) is 0. The molecule has 3 nitrogen and oxygen atoms in total. The Morgan fingerprint density at radius 1 is 1.13 bits per heavy atom. The highest BCUT2D eigenvalue weighted by molar-refractivity contribution is 5.90. The van der Waals surface area contributed by atoms with Crippen LogP contribution in [0.15, 0.2) is 18.3 Å². The molecule has 23 heavy (non-hydrogen) atoms. The fraction of sp³-hybridized carbons (Fsp3) is 0.700. The summed E-state index contributed by atoms with van der Waals surface area (Å²) < 4.78 is 5.30. The van der Waals surface area contributed by atoms with E-state index in [1.54, 1.807) is 13.3 Å². The molecule has 2 atom stereocenters. The smallest absolute Gasteiger partial charge is 0.142 e. The van der Waals surface area contributed by atoms with E-state index in [1.807, 2.05) is 12.1 Å². The zero-order valence-electron chi connectivity index (χ0n) is 13.8. The zero-order valence-corrected chi connectivity index (χ0v) is 13.8. The molecule has 0 N–H and O–H groups in total. The molecular formula is C20H25NO2. The number of rotatable bonds is 4. The minimum absolute atomic E-state index is 0.0486. The molecular weight excluding hydrogens is 286 g/mol. The third kappa shape index (κ3) is 2.15. The Balaban J connectivity index is 1.36. The molecule has 2 unspecified atom stereocenters. The van der Waals surface area contributed by atoms with Crippen molar-refractivity contribution >= 4 is 5.78 Å². The predicted octanol–water partition coefficient (Wildman–Crippen LogP) is 3.98. The van der Waals surface area contributed by atoms with Gasteiger partial charge in [-0.1, -0.05) is 0 Å². The second kappa shape index (κ2) is 4.81. The maximum Gasteiger partial charge on any atom is 0.142 e. The van der Waals surface area contributed by atoms with Crippen molar-refractivity contribution in [3.05, 3.63) is 24.0 Å². The molecule has 0 radical (unpaired) electrons. The van der Waals surface area contributed by atoms with Crippen molar-refractivity contribution in [3.8, 4) is 5.75 Å². The second-order valence-electron chi connectivity index (χ2n) is 8.63. The number of ketones is 1. The highest BCUT2D eigenvalue weighted by Gasteiger charge is 2.59. The van der Waals surface area contributed by atoms with Crippen molar-refractivity contribution in [1.29, 1.82) is 0 Å². The number of methoxy groups -OCH3 is 1. The topological polar surface area (TPSA) is 39.2 Å². The van der Waals surface area contributed by atoms with Crippen LogP contribution in [0.25, 0.3) is 0 Å². The number of hydrogen-bond acceptors (Lipinski definition) is 3. The summed E-state index contributed by atoms with van der Waals surface area (Å²) in [6.45, 7) is 0. The summed E-state index contributed by atoms with van der Waals surface area (Å²) in [4.78, 5) is 17.8. The maximum absolute atomic E-state index is 13.3. The Labute approximate surface area is 137 Å². The first kappa shape index (κ1) is 14.0. The first-order valence-corrected chi connectivity index (χ1v) is 9.21. The molecule has 5 aliphatic carbocycles. The van der Waals surface area contributed by atoms with Gasteiger partial charge in [0.05, 0.1) is 7.11 Å². The molecule has 1 heterocycles. The van der Waals surface area contributed by atoms with Crippen LogP contribution in [0, 0.1) is 29.1 Å². The number of hydrogen-bond donors (Lipinski definition) is 0. The standard InChI is InChI=1S/C20H25NO2/c1-23-15-2-3-21-18(7-15)16-8-17(16)19(22)20-9-12-4-13(10-20)6-14(5-12)11-20/h2-3,7,12-14,16-17H,4-6,8-11H2,1H3. The molecule has 5 saturated carbocycles. The van der Waals surface area contributed by atoms with Gasteiger partial charge in [0, 0.05) is 35.2 Å². The number of Topliss-reactive ketones (excluding diaryl/α,β-unsaturated/α-hetero) is 1. The van der Waals surface area contributed by atoms with Crippen molar-refractivity contribution in [1.82, 2.24) is 4.98 Å². The Hall–Kier alpha value is -1.38. The van der Waals surface area contributed by atoms with Crippen LogP contribution >= 0.6 is 0 Å². The van der Waals surface area contributed by atoms with Gasteiger partial charge in [-0.3, -0.25) is 9.78 Å². The summed E-state index contributed by atoms with van der Waals surface area (Å²) in [5.74, 6) is 4.54. The van der Waals surface area contributed by atoms with E-state index < -0.39 is 0 Å². The average Bonchev–Trinajstić information content (AvgIpc) is 3.33. The fourth-order valence-electron chi connectivity index (χ4n) is 6.38. The SMILES string of the molecule is COc1ccnc(C2CC2C(=O)C23CC4CC(CC(C4)C2)C3)c1. The lowest BCUT2D eigenvalue weighted by molar-refractivity contribution is -0.145. The van der Waals surface area contributed by atoms with E-state index in [2.05, 4.69) is 4.98 Å². The minimum Gasteiger partial charge on any atom is -0.497 e. The van der Waals surface area contributed by atoms with Crippen LogP contribution in [0.5, 0.6) is 5.75 Å². The quantitative estimate of drug-likeness (QED) is 0.844. The number of pyridine rings is 1. The normalized spacial score (nSPS) is 43.4. The van der Waals surface area contributed by atoms with Gasteiger partial charge in [-0.2, -0.15) is 0 Å². The molecule has 3 heteroatoms. The van der Waals surface area contributed by atoms with Gasteiger partial charge in [0.25, 0.3) is 0 Å². The van der Waals surface area contributed by atoms with Gasteiger partial charge in [0.1, 0.15) is 11.5 Å². The van der Waals surface area contributed by atoms with Gasteiger partial charge < -0.3 is 4.74 Å². The molecule has 1 aromatic heterocycles. The summed E-state index contributed by atoms with van der Waals surface area (Å²) in [5.41, 5.74) is 1.10. The lowest BCUT2D eigenvalue weighted by atomic mass is 9.48. The summed E-state index contributed by atoms with van der Waals surface area (Å²) in [6.07, 6.45) is 10.6. The largest absolute Gasteiger partial charge is 0.497 e. The Morgan fingerprint density at radius 2 is 1.78 bits per heavy atom.